The summed E-state index contributed by atoms with van der Waals surface area (Å²) in [5, 5.41) is 3.58. The number of rotatable bonds is 0. The highest BCUT2D eigenvalue weighted by Crippen LogP contribution is 2.24. The fraction of sp³-hybridized carbons (Fsp3) is 0.800. The van der Waals surface area contributed by atoms with Gasteiger partial charge in [-0.15, -0.1) is 0 Å². The SMILES string of the molecule is C1=C[C@@H]2CCNC2CCCC1. The van der Waals surface area contributed by atoms with Crippen molar-refractivity contribution in [2.75, 3.05) is 6.54 Å². The highest BCUT2D eigenvalue weighted by Gasteiger charge is 2.24. The van der Waals surface area contributed by atoms with Crippen LogP contribution in [0.2, 0.25) is 0 Å². The van der Waals surface area contributed by atoms with E-state index in [2.05, 4.69) is 17.5 Å². The molecule has 1 aliphatic heterocycles. The van der Waals surface area contributed by atoms with Crippen LogP contribution >= 0.6 is 0 Å². The molecule has 0 amide bonds. The third-order valence-corrected chi connectivity index (χ3v) is 2.92. The van der Waals surface area contributed by atoms with E-state index in [0.29, 0.717) is 0 Å². The Morgan fingerprint density at radius 1 is 1.18 bits per heavy atom. The lowest BCUT2D eigenvalue weighted by atomic mass is 9.93. The summed E-state index contributed by atoms with van der Waals surface area (Å²) >= 11 is 0. The second-order valence-corrected chi connectivity index (χ2v) is 3.73. The van der Waals surface area contributed by atoms with E-state index in [1.54, 1.807) is 0 Å². The van der Waals surface area contributed by atoms with Crippen molar-refractivity contribution >= 4 is 0 Å². The van der Waals surface area contributed by atoms with Gasteiger partial charge in [0.1, 0.15) is 0 Å². The average molecular weight is 151 g/mol. The van der Waals surface area contributed by atoms with Gasteiger partial charge in [-0.05, 0) is 38.1 Å². The minimum absolute atomic E-state index is 0.812. The fourth-order valence-corrected chi connectivity index (χ4v) is 2.23. The molecule has 1 nitrogen and oxygen atoms in total. The zero-order valence-corrected chi connectivity index (χ0v) is 7.05. The zero-order valence-electron chi connectivity index (χ0n) is 7.05. The molecule has 1 unspecified atom stereocenters. The van der Waals surface area contributed by atoms with Gasteiger partial charge in [0.15, 0.2) is 0 Å². The van der Waals surface area contributed by atoms with Crippen molar-refractivity contribution < 1.29 is 0 Å². The Hall–Kier alpha value is -0.300. The van der Waals surface area contributed by atoms with Gasteiger partial charge in [0, 0.05) is 6.04 Å². The molecular weight excluding hydrogens is 134 g/mol. The molecule has 1 heteroatoms. The van der Waals surface area contributed by atoms with Gasteiger partial charge >= 0.3 is 0 Å². The van der Waals surface area contributed by atoms with Crippen LogP contribution < -0.4 is 5.32 Å². The van der Waals surface area contributed by atoms with E-state index in [4.69, 9.17) is 0 Å². The minimum Gasteiger partial charge on any atom is -0.313 e. The Bertz CT molecular complexity index is 151. The molecule has 0 aromatic heterocycles. The standard InChI is InChI=1S/C10H17N/c1-2-4-6-10-9(5-3-1)7-8-11-10/h3,5,9-11H,1-2,4,6-8H2/t9-,10?/m1/s1. The number of hydrogen-bond acceptors (Lipinski definition) is 1. The quantitative estimate of drug-likeness (QED) is 0.523. The predicted molar refractivity (Wildman–Crippen MR) is 47.5 cm³/mol. The van der Waals surface area contributed by atoms with E-state index >= 15 is 0 Å². The van der Waals surface area contributed by atoms with Crippen LogP contribution in [-0.4, -0.2) is 12.6 Å². The van der Waals surface area contributed by atoms with Crippen LogP contribution in [0.5, 0.6) is 0 Å². The second kappa shape index (κ2) is 3.40. The normalized spacial score (nSPS) is 37.8. The second-order valence-electron chi connectivity index (χ2n) is 3.73. The van der Waals surface area contributed by atoms with Crippen molar-refractivity contribution in [1.82, 2.24) is 5.32 Å². The highest BCUT2D eigenvalue weighted by molar-refractivity contribution is 4.99. The van der Waals surface area contributed by atoms with Gasteiger partial charge in [0.05, 0.1) is 0 Å². The van der Waals surface area contributed by atoms with E-state index in [0.717, 1.165) is 12.0 Å². The summed E-state index contributed by atoms with van der Waals surface area (Å²) in [7, 11) is 0. The molecule has 11 heavy (non-hydrogen) atoms. The van der Waals surface area contributed by atoms with Gasteiger partial charge in [-0.1, -0.05) is 18.6 Å². The van der Waals surface area contributed by atoms with Crippen molar-refractivity contribution in [1.29, 1.82) is 0 Å². The Morgan fingerprint density at radius 2 is 2.18 bits per heavy atom. The van der Waals surface area contributed by atoms with Gasteiger partial charge in [0.25, 0.3) is 0 Å². The van der Waals surface area contributed by atoms with Crippen LogP contribution in [0.25, 0.3) is 0 Å². The van der Waals surface area contributed by atoms with Crippen LogP contribution in [0.1, 0.15) is 32.1 Å². The predicted octanol–water partition coefficient (Wildman–Crippen LogP) is 2.09. The van der Waals surface area contributed by atoms with Crippen molar-refractivity contribution in [3.8, 4) is 0 Å². The highest BCUT2D eigenvalue weighted by atomic mass is 14.9. The van der Waals surface area contributed by atoms with Crippen molar-refractivity contribution in [2.45, 2.75) is 38.1 Å². The largest absolute Gasteiger partial charge is 0.313 e. The monoisotopic (exact) mass is 151 g/mol. The molecule has 0 aromatic carbocycles. The molecule has 0 saturated carbocycles. The number of hydrogen-bond donors (Lipinski definition) is 1. The molecular formula is C10H17N. The van der Waals surface area contributed by atoms with Crippen LogP contribution in [0.4, 0.5) is 0 Å². The summed E-state index contributed by atoms with van der Waals surface area (Å²) in [4.78, 5) is 0. The average Bonchev–Trinajstić information content (AvgIpc) is 2.35. The van der Waals surface area contributed by atoms with Gasteiger partial charge in [-0.3, -0.25) is 0 Å². The van der Waals surface area contributed by atoms with E-state index in [1.807, 2.05) is 0 Å². The third kappa shape index (κ3) is 1.64. The summed E-state index contributed by atoms with van der Waals surface area (Å²) in [6.45, 7) is 1.24. The van der Waals surface area contributed by atoms with E-state index in [9.17, 15) is 0 Å². The van der Waals surface area contributed by atoms with E-state index in [-0.39, 0.29) is 0 Å². The first-order valence-corrected chi connectivity index (χ1v) is 4.87. The fourth-order valence-electron chi connectivity index (χ4n) is 2.23. The van der Waals surface area contributed by atoms with E-state index < -0.39 is 0 Å². The van der Waals surface area contributed by atoms with Crippen molar-refractivity contribution in [2.24, 2.45) is 5.92 Å². The van der Waals surface area contributed by atoms with Gasteiger partial charge < -0.3 is 5.32 Å². The Labute approximate surface area is 68.9 Å². The van der Waals surface area contributed by atoms with E-state index in [1.165, 1.54) is 38.6 Å². The molecule has 2 aliphatic rings. The molecule has 2 atom stereocenters. The number of allylic oxidation sites excluding steroid dienone is 1. The van der Waals surface area contributed by atoms with Crippen LogP contribution in [0.3, 0.4) is 0 Å². The lowest BCUT2D eigenvalue weighted by Crippen LogP contribution is -2.26. The molecule has 0 bridgehead atoms. The Morgan fingerprint density at radius 3 is 3.18 bits per heavy atom. The summed E-state index contributed by atoms with van der Waals surface area (Å²) in [5.41, 5.74) is 0. The molecule has 0 radical (unpaired) electrons. The van der Waals surface area contributed by atoms with Gasteiger partial charge in [-0.25, -0.2) is 0 Å². The van der Waals surface area contributed by atoms with Crippen LogP contribution in [-0.2, 0) is 0 Å². The first-order valence-electron chi connectivity index (χ1n) is 4.87. The van der Waals surface area contributed by atoms with Crippen LogP contribution in [0.15, 0.2) is 12.2 Å². The molecule has 1 N–H and O–H groups in total. The molecule has 1 aliphatic carbocycles. The first-order chi connectivity index (χ1) is 5.47. The Kier molecular flexibility index (Phi) is 2.27. The summed E-state index contributed by atoms with van der Waals surface area (Å²) in [6, 6.07) is 0.812. The lowest BCUT2D eigenvalue weighted by Gasteiger charge is -2.17. The molecule has 62 valence electrons. The first kappa shape index (κ1) is 7.35. The summed E-state index contributed by atoms with van der Waals surface area (Å²) in [6.07, 6.45) is 11.7. The zero-order chi connectivity index (χ0) is 7.52. The number of nitrogens with one attached hydrogen (secondary N) is 1. The van der Waals surface area contributed by atoms with Crippen LogP contribution in [0, 0.1) is 5.92 Å². The summed E-state index contributed by atoms with van der Waals surface area (Å²) in [5.74, 6) is 0.857. The molecule has 1 heterocycles. The maximum atomic E-state index is 3.58. The molecule has 1 saturated heterocycles. The minimum atomic E-state index is 0.812. The molecule has 1 fully saturated rings. The molecule has 0 spiro atoms. The smallest absolute Gasteiger partial charge is 0.0130 e. The maximum absolute atomic E-state index is 3.58. The molecule has 0 aromatic rings. The third-order valence-electron chi connectivity index (χ3n) is 2.92. The molecule has 2 rings (SSSR count). The topological polar surface area (TPSA) is 12.0 Å². The van der Waals surface area contributed by atoms with Crippen molar-refractivity contribution in [3.05, 3.63) is 12.2 Å². The lowest BCUT2D eigenvalue weighted by molar-refractivity contribution is 0.457. The van der Waals surface area contributed by atoms with Gasteiger partial charge in [-0.2, -0.15) is 0 Å². The van der Waals surface area contributed by atoms with Crippen molar-refractivity contribution in [3.63, 3.8) is 0 Å². The Balaban J connectivity index is 2.01. The maximum Gasteiger partial charge on any atom is 0.0130 e. The number of fused-ring (bicyclic) bond motifs is 1. The summed E-state index contributed by atoms with van der Waals surface area (Å²) < 4.78 is 0. The van der Waals surface area contributed by atoms with Gasteiger partial charge in [0.2, 0.25) is 0 Å².